The highest BCUT2D eigenvalue weighted by atomic mass is 19.4. The molecule has 2 aromatic heterocycles. The van der Waals surface area contributed by atoms with Crippen LogP contribution in [0, 0.1) is 0 Å². The highest BCUT2D eigenvalue weighted by Crippen LogP contribution is 2.32. The first-order valence-electron chi connectivity index (χ1n) is 11.8. The van der Waals surface area contributed by atoms with E-state index in [4.69, 9.17) is 0 Å². The number of amides is 1. The molecule has 1 atom stereocenters. The van der Waals surface area contributed by atoms with Crippen LogP contribution in [0.2, 0.25) is 0 Å². The monoisotopic (exact) mass is 538 g/mol. The number of carbonyl (C=O) groups is 1. The van der Waals surface area contributed by atoms with Crippen LogP contribution in [-0.2, 0) is 30.1 Å². The molecule has 1 aromatic carbocycles. The normalized spacial score (nSPS) is 15.9. The van der Waals surface area contributed by atoms with Crippen LogP contribution in [0.15, 0.2) is 54.9 Å². The molecule has 1 fully saturated rings. The van der Waals surface area contributed by atoms with Crippen LogP contribution in [0.3, 0.4) is 0 Å². The van der Waals surface area contributed by atoms with Crippen LogP contribution >= 0.6 is 0 Å². The van der Waals surface area contributed by atoms with Gasteiger partial charge >= 0.3 is 12.4 Å². The average Bonchev–Trinajstić information content (AvgIpc) is 3.37. The molecule has 7 nitrogen and oxygen atoms in total. The molecule has 0 saturated carbocycles. The second-order valence-corrected chi connectivity index (χ2v) is 8.73. The number of nitrogens with one attached hydrogen (secondary N) is 2. The van der Waals surface area contributed by atoms with Crippen molar-refractivity contribution in [3.8, 4) is 0 Å². The Balaban J connectivity index is 1.43. The number of halogens is 6. The van der Waals surface area contributed by atoms with Gasteiger partial charge in [-0.15, -0.1) is 0 Å². The SMILES string of the molecule is O=C(NCCc1ccc(C(F)(F)F)cc1)[C@@H]1CCCN1c1cc(NCc2cccnc2)nc(C(F)(F)F)n1. The third-order valence-corrected chi connectivity index (χ3v) is 6.01. The van der Waals surface area contributed by atoms with E-state index in [0.717, 1.165) is 17.7 Å². The average molecular weight is 538 g/mol. The number of rotatable bonds is 8. The molecule has 1 aliphatic heterocycles. The fourth-order valence-corrected chi connectivity index (χ4v) is 4.12. The molecular formula is C25H24F6N6O. The number of alkyl halides is 6. The summed E-state index contributed by atoms with van der Waals surface area (Å²) in [5.74, 6) is -1.79. The largest absolute Gasteiger partial charge is 0.451 e. The Hall–Kier alpha value is -3.90. The van der Waals surface area contributed by atoms with Crippen molar-refractivity contribution >= 4 is 17.5 Å². The third kappa shape index (κ3) is 6.90. The third-order valence-electron chi connectivity index (χ3n) is 6.01. The Bertz CT molecular complexity index is 1230. The molecule has 0 unspecified atom stereocenters. The van der Waals surface area contributed by atoms with Gasteiger partial charge in [-0.2, -0.15) is 26.3 Å². The van der Waals surface area contributed by atoms with Crippen molar-refractivity contribution in [3.05, 3.63) is 77.4 Å². The predicted octanol–water partition coefficient (Wildman–Crippen LogP) is 4.85. The number of aromatic nitrogens is 3. The van der Waals surface area contributed by atoms with E-state index in [9.17, 15) is 31.1 Å². The van der Waals surface area contributed by atoms with E-state index in [2.05, 4.69) is 25.6 Å². The highest BCUT2D eigenvalue weighted by molar-refractivity contribution is 5.85. The summed E-state index contributed by atoms with van der Waals surface area (Å²) < 4.78 is 78.8. The van der Waals surface area contributed by atoms with Crippen molar-refractivity contribution < 1.29 is 31.1 Å². The summed E-state index contributed by atoms with van der Waals surface area (Å²) in [4.78, 5) is 25.7. The van der Waals surface area contributed by atoms with Crippen LogP contribution in [0.1, 0.15) is 35.4 Å². The molecule has 4 rings (SSSR count). The van der Waals surface area contributed by atoms with Crippen molar-refractivity contribution in [1.29, 1.82) is 0 Å². The zero-order chi connectivity index (χ0) is 27.3. The van der Waals surface area contributed by atoms with E-state index < -0.39 is 35.7 Å². The molecule has 0 radical (unpaired) electrons. The first-order chi connectivity index (χ1) is 18.0. The first kappa shape index (κ1) is 27.1. The van der Waals surface area contributed by atoms with Crippen molar-refractivity contribution in [2.75, 3.05) is 23.3 Å². The lowest BCUT2D eigenvalue weighted by atomic mass is 10.1. The second-order valence-electron chi connectivity index (χ2n) is 8.73. The molecule has 1 saturated heterocycles. The molecule has 1 amide bonds. The summed E-state index contributed by atoms with van der Waals surface area (Å²) in [5.41, 5.74) is 0.591. The van der Waals surface area contributed by atoms with Crippen molar-refractivity contribution in [3.63, 3.8) is 0 Å². The lowest BCUT2D eigenvalue weighted by molar-refractivity contribution is -0.144. The first-order valence-corrected chi connectivity index (χ1v) is 11.8. The van der Waals surface area contributed by atoms with Crippen molar-refractivity contribution in [1.82, 2.24) is 20.3 Å². The Morgan fingerprint density at radius 2 is 1.76 bits per heavy atom. The molecular weight excluding hydrogens is 514 g/mol. The summed E-state index contributed by atoms with van der Waals surface area (Å²) in [6.45, 7) is 0.673. The number of anilines is 2. The van der Waals surface area contributed by atoms with Gasteiger partial charge in [0.1, 0.15) is 17.7 Å². The van der Waals surface area contributed by atoms with Crippen molar-refractivity contribution in [2.24, 2.45) is 0 Å². The van der Waals surface area contributed by atoms with E-state index in [1.165, 1.54) is 23.1 Å². The minimum absolute atomic E-state index is 0.0265. The van der Waals surface area contributed by atoms with Gasteiger partial charge in [-0.1, -0.05) is 18.2 Å². The standard InChI is InChI=1S/C25H24F6N6O/c26-24(27,28)18-7-5-16(6-8-18)9-11-33-22(38)19-4-2-12-37(19)21-13-20(35-23(36-21)25(29,30)31)34-15-17-3-1-10-32-14-17/h1,3,5-8,10,13-14,19H,2,4,9,11-12,15H2,(H,33,38)(H,34,35,36)/t19-/m0/s1. The quantitative estimate of drug-likeness (QED) is 0.399. The number of nitrogens with zero attached hydrogens (tertiary/aromatic N) is 4. The molecule has 3 aromatic rings. The van der Waals surface area contributed by atoms with Gasteiger partial charge in [-0.3, -0.25) is 9.78 Å². The van der Waals surface area contributed by atoms with Crippen molar-refractivity contribution in [2.45, 2.75) is 44.2 Å². The number of hydrogen-bond donors (Lipinski definition) is 2. The number of carbonyl (C=O) groups excluding carboxylic acids is 1. The molecule has 1 aliphatic rings. The van der Waals surface area contributed by atoms with Crippen LogP contribution in [0.5, 0.6) is 0 Å². The van der Waals surface area contributed by atoms with Crippen LogP contribution in [0.25, 0.3) is 0 Å². The Kier molecular flexibility index (Phi) is 8.02. The van der Waals surface area contributed by atoms with Crippen LogP contribution < -0.4 is 15.5 Å². The van der Waals surface area contributed by atoms with Gasteiger partial charge in [-0.05, 0) is 48.6 Å². The van der Waals surface area contributed by atoms with E-state index >= 15 is 0 Å². The van der Waals surface area contributed by atoms with Gasteiger partial charge in [0.15, 0.2) is 0 Å². The summed E-state index contributed by atoms with van der Waals surface area (Å²) in [7, 11) is 0. The molecule has 202 valence electrons. The van der Waals surface area contributed by atoms with Crippen LogP contribution in [-0.4, -0.2) is 40.0 Å². The molecule has 0 spiro atoms. The summed E-state index contributed by atoms with van der Waals surface area (Å²) in [5, 5.41) is 5.59. The summed E-state index contributed by atoms with van der Waals surface area (Å²) in [6, 6.07) is 8.73. The zero-order valence-corrected chi connectivity index (χ0v) is 20.0. The molecule has 0 aliphatic carbocycles. The maximum Gasteiger partial charge on any atom is 0.451 e. The smallest absolute Gasteiger partial charge is 0.366 e. The Labute approximate surface area is 214 Å². The number of hydrogen-bond acceptors (Lipinski definition) is 6. The summed E-state index contributed by atoms with van der Waals surface area (Å²) >= 11 is 0. The molecule has 3 heterocycles. The van der Waals surface area contributed by atoms with Gasteiger partial charge in [0, 0.05) is 38.1 Å². The second kappa shape index (κ2) is 11.2. The Morgan fingerprint density at radius 1 is 1.00 bits per heavy atom. The molecule has 38 heavy (non-hydrogen) atoms. The van der Waals surface area contributed by atoms with E-state index in [1.807, 2.05) is 0 Å². The topological polar surface area (TPSA) is 83.0 Å². The van der Waals surface area contributed by atoms with E-state index in [0.29, 0.717) is 31.4 Å². The lowest BCUT2D eigenvalue weighted by Gasteiger charge is -2.26. The number of benzene rings is 1. The fourth-order valence-electron chi connectivity index (χ4n) is 4.12. The lowest BCUT2D eigenvalue weighted by Crippen LogP contribution is -2.44. The molecule has 2 N–H and O–H groups in total. The van der Waals surface area contributed by atoms with Gasteiger partial charge < -0.3 is 15.5 Å². The van der Waals surface area contributed by atoms with Crippen LogP contribution in [0.4, 0.5) is 38.0 Å². The number of pyridine rings is 1. The Morgan fingerprint density at radius 3 is 2.42 bits per heavy atom. The summed E-state index contributed by atoms with van der Waals surface area (Å²) in [6.07, 6.45) is -4.79. The minimum Gasteiger partial charge on any atom is -0.366 e. The zero-order valence-electron chi connectivity index (χ0n) is 20.0. The van der Waals surface area contributed by atoms with Gasteiger partial charge in [0.2, 0.25) is 11.7 Å². The van der Waals surface area contributed by atoms with E-state index in [1.54, 1.807) is 24.5 Å². The fraction of sp³-hybridized carbons (Fsp3) is 0.360. The van der Waals surface area contributed by atoms with Gasteiger partial charge in [0.05, 0.1) is 5.56 Å². The van der Waals surface area contributed by atoms with Gasteiger partial charge in [-0.25, -0.2) is 9.97 Å². The van der Waals surface area contributed by atoms with Gasteiger partial charge in [0.25, 0.3) is 0 Å². The molecule has 13 heteroatoms. The predicted molar refractivity (Wildman–Crippen MR) is 127 cm³/mol. The minimum atomic E-state index is -4.79. The molecule has 0 bridgehead atoms. The highest BCUT2D eigenvalue weighted by Gasteiger charge is 2.38. The maximum atomic E-state index is 13.5. The maximum absolute atomic E-state index is 13.5. The van der Waals surface area contributed by atoms with E-state index in [-0.39, 0.29) is 24.7 Å².